The van der Waals surface area contributed by atoms with Gasteiger partial charge in [0.2, 0.25) is 5.91 Å². The van der Waals surface area contributed by atoms with Crippen LogP contribution in [0.1, 0.15) is 66.1 Å². The number of benzene rings is 1. The van der Waals surface area contributed by atoms with Gasteiger partial charge in [-0.15, -0.1) is 0 Å². The summed E-state index contributed by atoms with van der Waals surface area (Å²) in [7, 11) is 0. The van der Waals surface area contributed by atoms with Crippen LogP contribution in [0, 0.1) is 0 Å². The number of nitrogens with one attached hydrogen (secondary N) is 1. The van der Waals surface area contributed by atoms with Crippen molar-refractivity contribution in [2.45, 2.75) is 64.2 Å². The summed E-state index contributed by atoms with van der Waals surface area (Å²) in [6, 6.07) is 8.72. The van der Waals surface area contributed by atoms with Gasteiger partial charge in [-0.05, 0) is 44.4 Å². The molecule has 2 aliphatic rings. The van der Waals surface area contributed by atoms with E-state index in [2.05, 4.69) is 10.4 Å². The summed E-state index contributed by atoms with van der Waals surface area (Å²) in [5.41, 5.74) is -0.0129. The fraction of sp³-hybridized carbons (Fsp3) is 0.478. The van der Waals surface area contributed by atoms with Gasteiger partial charge in [0.05, 0.1) is 13.2 Å². The first-order valence-electron chi connectivity index (χ1n) is 10.9. The Hall–Kier alpha value is -2.87. The lowest BCUT2D eigenvalue weighted by Gasteiger charge is -2.43. The lowest BCUT2D eigenvalue weighted by Crippen LogP contribution is -2.64. The molecule has 1 N–H and O–H groups in total. The number of hydrogen-bond donors (Lipinski definition) is 1. The molecule has 1 aromatic carbocycles. The summed E-state index contributed by atoms with van der Waals surface area (Å²) in [6.45, 7) is 4.03. The van der Waals surface area contributed by atoms with Gasteiger partial charge in [-0.1, -0.05) is 36.6 Å². The van der Waals surface area contributed by atoms with Crippen LogP contribution in [0.5, 0.6) is 0 Å². The van der Waals surface area contributed by atoms with E-state index in [1.165, 1.54) is 10.7 Å². The third kappa shape index (κ3) is 4.24. The van der Waals surface area contributed by atoms with Crippen molar-refractivity contribution in [3.05, 3.63) is 52.3 Å². The zero-order valence-corrected chi connectivity index (χ0v) is 19.0. The van der Waals surface area contributed by atoms with Crippen molar-refractivity contribution in [3.8, 4) is 0 Å². The summed E-state index contributed by atoms with van der Waals surface area (Å²) in [5, 5.41) is 8.00. The molecule has 1 fully saturated rings. The van der Waals surface area contributed by atoms with Crippen LogP contribution in [-0.4, -0.2) is 50.7 Å². The van der Waals surface area contributed by atoms with Crippen molar-refractivity contribution in [3.63, 3.8) is 0 Å². The summed E-state index contributed by atoms with van der Waals surface area (Å²) in [4.78, 5) is 40.8. The molecular weight excluding hydrogens is 432 g/mol. The van der Waals surface area contributed by atoms with Crippen molar-refractivity contribution < 1.29 is 19.1 Å². The van der Waals surface area contributed by atoms with Gasteiger partial charge in [0.1, 0.15) is 11.2 Å². The van der Waals surface area contributed by atoms with Crippen LogP contribution in [0.4, 0.5) is 0 Å². The summed E-state index contributed by atoms with van der Waals surface area (Å²) >= 11 is 6.01. The minimum absolute atomic E-state index is 0.0575. The molecule has 4 rings (SSSR count). The molecule has 0 saturated heterocycles. The van der Waals surface area contributed by atoms with E-state index in [0.717, 1.165) is 31.2 Å². The molecule has 0 bridgehead atoms. The van der Waals surface area contributed by atoms with Gasteiger partial charge < -0.3 is 15.0 Å². The molecule has 2 aromatic rings. The Morgan fingerprint density at radius 2 is 1.94 bits per heavy atom. The van der Waals surface area contributed by atoms with Crippen LogP contribution in [0.15, 0.2) is 30.3 Å². The normalized spacial score (nSPS) is 20.8. The lowest BCUT2D eigenvalue weighted by atomic mass is 9.93. The predicted molar refractivity (Wildman–Crippen MR) is 118 cm³/mol. The van der Waals surface area contributed by atoms with Crippen LogP contribution < -0.4 is 5.32 Å². The fourth-order valence-corrected chi connectivity index (χ4v) is 4.50. The molecule has 1 atom stereocenters. The highest BCUT2D eigenvalue weighted by Crippen LogP contribution is 2.31. The van der Waals surface area contributed by atoms with Crippen LogP contribution in [-0.2, 0) is 22.6 Å². The Balaban J connectivity index is 1.69. The number of carbonyl (C=O) groups excluding carboxylic acids is 3. The van der Waals surface area contributed by atoms with E-state index >= 15 is 0 Å². The number of rotatable bonds is 6. The first-order chi connectivity index (χ1) is 15.3. The monoisotopic (exact) mass is 458 g/mol. The number of ether oxygens (including phenoxy) is 1. The number of carbonyl (C=O) groups is 3. The number of hydrogen-bond acceptors (Lipinski definition) is 5. The average molecular weight is 459 g/mol. The largest absolute Gasteiger partial charge is 0.461 e. The molecule has 170 valence electrons. The second kappa shape index (κ2) is 8.94. The van der Waals surface area contributed by atoms with Gasteiger partial charge in [-0.3, -0.25) is 14.3 Å². The van der Waals surface area contributed by atoms with E-state index in [9.17, 15) is 14.4 Å². The van der Waals surface area contributed by atoms with Gasteiger partial charge in [-0.25, -0.2) is 4.79 Å². The smallest absolute Gasteiger partial charge is 0.358 e. The Morgan fingerprint density at radius 3 is 2.59 bits per heavy atom. The Morgan fingerprint density at radius 1 is 1.25 bits per heavy atom. The van der Waals surface area contributed by atoms with Gasteiger partial charge in [0, 0.05) is 23.7 Å². The molecule has 0 spiro atoms. The summed E-state index contributed by atoms with van der Waals surface area (Å²) in [5.74, 6) is -1.17. The molecule has 0 unspecified atom stereocenters. The SMILES string of the molecule is CCOC(=O)c1cc2n(n1)C[C@](C)(C(=O)NC1CCCC1)N(Cc1ccc(Cl)cc1)C2=O. The first kappa shape index (κ1) is 22.3. The first-order valence-corrected chi connectivity index (χ1v) is 11.3. The number of fused-ring (bicyclic) bond motifs is 1. The van der Waals surface area contributed by atoms with Gasteiger partial charge >= 0.3 is 5.97 Å². The molecule has 0 radical (unpaired) electrons. The zero-order chi connectivity index (χ0) is 22.9. The average Bonchev–Trinajstić information content (AvgIpc) is 3.42. The predicted octanol–water partition coefficient (Wildman–Crippen LogP) is 3.19. The maximum atomic E-state index is 13.5. The van der Waals surface area contributed by atoms with Crippen LogP contribution >= 0.6 is 11.6 Å². The quantitative estimate of drug-likeness (QED) is 0.671. The molecule has 2 amide bonds. The number of halogens is 1. The highest BCUT2D eigenvalue weighted by atomic mass is 35.5. The second-order valence-corrected chi connectivity index (χ2v) is 8.98. The van der Waals surface area contributed by atoms with Crippen LogP contribution in [0.2, 0.25) is 5.02 Å². The number of aromatic nitrogens is 2. The third-order valence-electron chi connectivity index (χ3n) is 6.22. The molecule has 8 nitrogen and oxygen atoms in total. The van der Waals surface area contributed by atoms with Gasteiger partial charge in [0.25, 0.3) is 5.91 Å². The van der Waals surface area contributed by atoms with Gasteiger partial charge in [0.15, 0.2) is 5.69 Å². The van der Waals surface area contributed by atoms with Crippen molar-refractivity contribution >= 4 is 29.4 Å². The second-order valence-electron chi connectivity index (χ2n) is 8.54. The van der Waals surface area contributed by atoms with Crippen LogP contribution in [0.3, 0.4) is 0 Å². The van der Waals surface area contributed by atoms with Gasteiger partial charge in [-0.2, -0.15) is 5.10 Å². The third-order valence-corrected chi connectivity index (χ3v) is 6.47. The standard InChI is InChI=1S/C23H27ClN4O4/c1-3-32-21(30)18-12-19-20(29)27(13-15-8-10-16(24)11-9-15)23(2,14-28(19)26-18)22(31)25-17-6-4-5-7-17/h8-12,17H,3-7,13-14H2,1-2H3,(H,25,31)/t23-/m1/s1. The van der Waals surface area contributed by atoms with Crippen molar-refractivity contribution in [2.24, 2.45) is 0 Å². The summed E-state index contributed by atoms with van der Waals surface area (Å²) in [6.07, 6.45) is 4.04. The minimum atomic E-state index is -1.18. The molecule has 1 aromatic heterocycles. The molecule has 1 saturated carbocycles. The number of esters is 1. The van der Waals surface area contributed by atoms with E-state index in [0.29, 0.717) is 5.02 Å². The fourth-order valence-electron chi connectivity index (χ4n) is 4.38. The van der Waals surface area contributed by atoms with Crippen molar-refractivity contribution in [1.82, 2.24) is 20.0 Å². The lowest BCUT2D eigenvalue weighted by molar-refractivity contribution is -0.134. The highest BCUT2D eigenvalue weighted by molar-refractivity contribution is 6.30. The van der Waals surface area contributed by atoms with E-state index in [1.54, 1.807) is 30.9 Å². The van der Waals surface area contributed by atoms with E-state index in [1.807, 2.05) is 12.1 Å². The molecule has 9 heteroatoms. The molecular formula is C23H27ClN4O4. The summed E-state index contributed by atoms with van der Waals surface area (Å²) < 4.78 is 6.48. The van der Waals surface area contributed by atoms with E-state index in [4.69, 9.17) is 16.3 Å². The number of nitrogens with zero attached hydrogens (tertiary/aromatic N) is 3. The molecule has 2 heterocycles. The maximum Gasteiger partial charge on any atom is 0.358 e. The van der Waals surface area contributed by atoms with Crippen molar-refractivity contribution in [1.29, 1.82) is 0 Å². The zero-order valence-electron chi connectivity index (χ0n) is 18.3. The van der Waals surface area contributed by atoms with Crippen LogP contribution in [0.25, 0.3) is 0 Å². The van der Waals surface area contributed by atoms with E-state index < -0.39 is 11.5 Å². The molecule has 1 aliphatic heterocycles. The Kier molecular flexibility index (Phi) is 6.24. The Labute approximate surface area is 191 Å². The number of amides is 2. The maximum absolute atomic E-state index is 13.5. The topological polar surface area (TPSA) is 93.5 Å². The molecule has 1 aliphatic carbocycles. The molecule has 32 heavy (non-hydrogen) atoms. The minimum Gasteiger partial charge on any atom is -0.461 e. The van der Waals surface area contributed by atoms with Crippen molar-refractivity contribution in [2.75, 3.05) is 6.61 Å². The Bertz CT molecular complexity index is 1030. The highest BCUT2D eigenvalue weighted by Gasteiger charge is 2.48. The van der Waals surface area contributed by atoms with E-state index in [-0.39, 0.29) is 48.9 Å².